The van der Waals surface area contributed by atoms with Gasteiger partial charge in [-0.1, -0.05) is 41.9 Å². The van der Waals surface area contributed by atoms with Gasteiger partial charge in [-0.25, -0.2) is 8.42 Å². The van der Waals surface area contributed by atoms with E-state index in [2.05, 4.69) is 10.3 Å². The van der Waals surface area contributed by atoms with Crippen molar-refractivity contribution in [2.75, 3.05) is 13.2 Å². The molecule has 3 aromatic rings. The van der Waals surface area contributed by atoms with E-state index in [-0.39, 0.29) is 29.6 Å². The number of halogens is 1. The van der Waals surface area contributed by atoms with E-state index in [0.717, 1.165) is 15.4 Å². The van der Waals surface area contributed by atoms with Crippen molar-refractivity contribution in [3.63, 3.8) is 0 Å². The Bertz CT molecular complexity index is 1140. The molecule has 1 aromatic heterocycles. The molecule has 9 heteroatoms. The maximum absolute atomic E-state index is 13.4. The first-order valence-electron chi connectivity index (χ1n) is 10.0. The van der Waals surface area contributed by atoms with Crippen LogP contribution in [0, 0.1) is 0 Å². The predicted molar refractivity (Wildman–Crippen MR) is 123 cm³/mol. The first-order chi connectivity index (χ1) is 15.4. The zero-order chi connectivity index (χ0) is 23.0. The van der Waals surface area contributed by atoms with Gasteiger partial charge in [-0.15, -0.1) is 0 Å². The van der Waals surface area contributed by atoms with Gasteiger partial charge in [-0.3, -0.25) is 9.78 Å². The Morgan fingerprint density at radius 1 is 1.06 bits per heavy atom. The number of carbonyl (C=O) groups excluding carboxylic acids is 1. The summed E-state index contributed by atoms with van der Waals surface area (Å²) in [5.74, 6) is -0.0174. The molecule has 0 aliphatic rings. The highest BCUT2D eigenvalue weighted by Gasteiger charge is 2.27. The van der Waals surface area contributed by atoms with Gasteiger partial charge in [-0.2, -0.15) is 4.31 Å². The Balaban J connectivity index is 1.82. The average molecular weight is 474 g/mol. The third-order valence-electron chi connectivity index (χ3n) is 4.60. The van der Waals surface area contributed by atoms with Crippen LogP contribution in [0.3, 0.4) is 0 Å². The lowest BCUT2D eigenvalue weighted by atomic mass is 10.2. The molecule has 0 spiro atoms. The van der Waals surface area contributed by atoms with Gasteiger partial charge in [0.2, 0.25) is 15.9 Å². The Hall–Kier alpha value is -2.94. The van der Waals surface area contributed by atoms with Crippen molar-refractivity contribution in [3.05, 3.63) is 89.2 Å². The normalized spacial score (nSPS) is 11.3. The van der Waals surface area contributed by atoms with Crippen molar-refractivity contribution in [2.24, 2.45) is 0 Å². The fourth-order valence-electron chi connectivity index (χ4n) is 2.99. The van der Waals surface area contributed by atoms with E-state index in [0.29, 0.717) is 12.4 Å². The van der Waals surface area contributed by atoms with Gasteiger partial charge >= 0.3 is 0 Å². The SMILES string of the molecule is CCOc1ccc(S(=O)(=O)N(CC(=O)NCc2ccncc2)Cc2ccccc2)cc1Cl. The second-order valence-corrected chi connectivity index (χ2v) is 9.26. The summed E-state index contributed by atoms with van der Waals surface area (Å²) >= 11 is 6.21. The Kier molecular flexibility index (Phi) is 8.21. The van der Waals surface area contributed by atoms with Gasteiger partial charge in [0.05, 0.1) is 23.1 Å². The average Bonchev–Trinajstić information content (AvgIpc) is 2.80. The van der Waals surface area contributed by atoms with Crippen LogP contribution in [0.25, 0.3) is 0 Å². The molecular formula is C23H24ClN3O4S. The van der Waals surface area contributed by atoms with Crippen molar-refractivity contribution in [2.45, 2.75) is 24.9 Å². The summed E-state index contributed by atoms with van der Waals surface area (Å²) in [5, 5.41) is 2.95. The van der Waals surface area contributed by atoms with Gasteiger partial charge in [-0.05, 0) is 48.4 Å². The fraction of sp³-hybridized carbons (Fsp3) is 0.217. The van der Waals surface area contributed by atoms with E-state index in [1.54, 1.807) is 24.5 Å². The van der Waals surface area contributed by atoms with Crippen molar-refractivity contribution < 1.29 is 17.9 Å². The number of nitrogens with one attached hydrogen (secondary N) is 1. The van der Waals surface area contributed by atoms with Crippen molar-refractivity contribution in [3.8, 4) is 5.75 Å². The Morgan fingerprint density at radius 2 is 1.78 bits per heavy atom. The lowest BCUT2D eigenvalue weighted by molar-refractivity contribution is -0.121. The number of nitrogens with zero attached hydrogens (tertiary/aromatic N) is 2. The second-order valence-electron chi connectivity index (χ2n) is 6.92. The molecule has 1 amide bonds. The molecule has 0 aliphatic heterocycles. The lowest BCUT2D eigenvalue weighted by Crippen LogP contribution is -2.40. The first-order valence-corrected chi connectivity index (χ1v) is 11.8. The van der Waals surface area contributed by atoms with Crippen LogP contribution in [0.1, 0.15) is 18.1 Å². The maximum atomic E-state index is 13.4. The quantitative estimate of drug-likeness (QED) is 0.485. The van der Waals surface area contributed by atoms with Crippen LogP contribution < -0.4 is 10.1 Å². The highest BCUT2D eigenvalue weighted by atomic mass is 35.5. The summed E-state index contributed by atoms with van der Waals surface area (Å²) in [6.07, 6.45) is 3.26. The van der Waals surface area contributed by atoms with Crippen LogP contribution in [0.2, 0.25) is 5.02 Å². The first kappa shape index (κ1) is 23.7. The van der Waals surface area contributed by atoms with E-state index in [9.17, 15) is 13.2 Å². The molecule has 7 nitrogen and oxygen atoms in total. The van der Waals surface area contributed by atoms with Crippen LogP contribution in [0.4, 0.5) is 0 Å². The van der Waals surface area contributed by atoms with Crippen molar-refractivity contribution >= 4 is 27.5 Å². The maximum Gasteiger partial charge on any atom is 0.243 e. The summed E-state index contributed by atoms with van der Waals surface area (Å²) in [6, 6.07) is 16.9. The topological polar surface area (TPSA) is 88.6 Å². The minimum absolute atomic E-state index is 0.0104. The molecule has 0 atom stereocenters. The molecule has 0 saturated carbocycles. The van der Waals surface area contributed by atoms with Gasteiger partial charge < -0.3 is 10.1 Å². The fourth-order valence-corrected chi connectivity index (χ4v) is 4.70. The number of amides is 1. The Labute approximate surface area is 193 Å². The molecule has 32 heavy (non-hydrogen) atoms. The van der Waals surface area contributed by atoms with E-state index in [4.69, 9.17) is 16.3 Å². The number of ether oxygens (including phenoxy) is 1. The molecule has 0 bridgehead atoms. The molecule has 0 aliphatic carbocycles. The summed E-state index contributed by atoms with van der Waals surface area (Å²) in [4.78, 5) is 16.6. The van der Waals surface area contributed by atoms with Crippen molar-refractivity contribution in [1.82, 2.24) is 14.6 Å². The number of aromatic nitrogens is 1. The van der Waals surface area contributed by atoms with Gasteiger partial charge in [0.1, 0.15) is 5.75 Å². The number of pyridine rings is 1. The minimum atomic E-state index is -4.01. The van der Waals surface area contributed by atoms with Crippen LogP contribution >= 0.6 is 11.6 Å². The smallest absolute Gasteiger partial charge is 0.243 e. The molecule has 1 N–H and O–H groups in total. The van der Waals surface area contributed by atoms with Crippen LogP contribution in [0.15, 0.2) is 78.0 Å². The Morgan fingerprint density at radius 3 is 2.44 bits per heavy atom. The number of carbonyl (C=O) groups is 1. The zero-order valence-corrected chi connectivity index (χ0v) is 19.1. The van der Waals surface area contributed by atoms with E-state index in [1.165, 1.54) is 18.2 Å². The van der Waals surface area contributed by atoms with Gasteiger partial charge in [0.15, 0.2) is 0 Å². The van der Waals surface area contributed by atoms with Crippen LogP contribution in [-0.2, 0) is 27.9 Å². The summed E-state index contributed by atoms with van der Waals surface area (Å²) < 4.78 is 33.3. The standard InChI is InChI=1S/C23H24ClN3O4S/c1-2-31-22-9-8-20(14-21(22)24)32(29,30)27(16-19-6-4-3-5-7-19)17-23(28)26-15-18-10-12-25-13-11-18/h3-14H,2,15-17H2,1H3,(H,26,28). The number of benzene rings is 2. The summed E-state index contributed by atoms with van der Waals surface area (Å²) in [6.45, 7) is 2.19. The third kappa shape index (κ3) is 6.29. The van der Waals surface area contributed by atoms with E-state index in [1.807, 2.05) is 37.3 Å². The lowest BCUT2D eigenvalue weighted by Gasteiger charge is -2.22. The molecule has 0 unspecified atom stereocenters. The summed E-state index contributed by atoms with van der Waals surface area (Å²) in [5.41, 5.74) is 1.62. The molecule has 0 saturated heterocycles. The minimum Gasteiger partial charge on any atom is -0.492 e. The monoisotopic (exact) mass is 473 g/mol. The number of rotatable bonds is 10. The van der Waals surface area contributed by atoms with Gasteiger partial charge in [0, 0.05) is 25.5 Å². The number of hydrogen-bond acceptors (Lipinski definition) is 5. The molecule has 0 fully saturated rings. The highest BCUT2D eigenvalue weighted by Crippen LogP contribution is 2.29. The second kappa shape index (κ2) is 11.1. The van der Waals surface area contributed by atoms with Crippen LogP contribution in [-0.4, -0.2) is 36.8 Å². The molecular weight excluding hydrogens is 450 g/mol. The van der Waals surface area contributed by atoms with Crippen LogP contribution in [0.5, 0.6) is 5.75 Å². The molecule has 3 rings (SSSR count). The number of hydrogen-bond donors (Lipinski definition) is 1. The largest absolute Gasteiger partial charge is 0.492 e. The molecule has 168 valence electrons. The third-order valence-corrected chi connectivity index (χ3v) is 6.68. The summed E-state index contributed by atoms with van der Waals surface area (Å²) in [7, 11) is -4.01. The number of sulfonamides is 1. The molecule has 2 aromatic carbocycles. The zero-order valence-electron chi connectivity index (χ0n) is 17.6. The van der Waals surface area contributed by atoms with E-state index >= 15 is 0 Å². The molecule has 1 heterocycles. The van der Waals surface area contributed by atoms with Crippen molar-refractivity contribution in [1.29, 1.82) is 0 Å². The predicted octanol–water partition coefficient (Wildman–Crippen LogP) is 3.64. The van der Waals surface area contributed by atoms with Gasteiger partial charge in [0.25, 0.3) is 0 Å². The molecule has 0 radical (unpaired) electrons. The highest BCUT2D eigenvalue weighted by molar-refractivity contribution is 7.89. The van der Waals surface area contributed by atoms with E-state index < -0.39 is 15.9 Å².